The van der Waals surface area contributed by atoms with Crippen LogP contribution in [0.3, 0.4) is 0 Å². The van der Waals surface area contributed by atoms with Crippen molar-refractivity contribution in [3.05, 3.63) is 0 Å². The summed E-state index contributed by atoms with van der Waals surface area (Å²) in [5.74, 6) is 0. The van der Waals surface area contributed by atoms with Crippen LogP contribution >= 0.6 is 0 Å². The first-order valence-electron chi connectivity index (χ1n) is 4.87. The fraction of sp³-hybridized carbons (Fsp3) is 0.900. The van der Waals surface area contributed by atoms with Gasteiger partial charge in [-0.05, 0) is 34.6 Å². The quantitative estimate of drug-likeness (QED) is 0.658. The predicted octanol–water partition coefficient (Wildman–Crippen LogP) is 0.897. The molecular formula is C10H21NO4. The van der Waals surface area contributed by atoms with Crippen molar-refractivity contribution < 1.29 is 20.1 Å². The highest BCUT2D eigenvalue weighted by Crippen LogP contribution is 2.24. The minimum absolute atomic E-state index is 0.410. The first-order valence-corrected chi connectivity index (χ1v) is 4.87. The van der Waals surface area contributed by atoms with Gasteiger partial charge in [0.15, 0.2) is 0 Å². The topological polar surface area (TPSA) is 81.0 Å². The van der Waals surface area contributed by atoms with Crippen LogP contribution in [-0.2, 0) is 0 Å². The van der Waals surface area contributed by atoms with E-state index in [2.05, 4.69) is 0 Å². The summed E-state index contributed by atoms with van der Waals surface area (Å²) in [6.07, 6.45) is -1.15. The molecule has 5 nitrogen and oxygen atoms in total. The molecule has 3 N–H and O–H groups in total. The number of aliphatic hydroxyl groups excluding tert-OH is 1. The van der Waals surface area contributed by atoms with Gasteiger partial charge >= 0.3 is 6.09 Å². The molecule has 5 heteroatoms. The van der Waals surface area contributed by atoms with E-state index in [-0.39, 0.29) is 0 Å². The molecule has 0 bridgehead atoms. The number of aliphatic hydroxyl groups is 2. The molecule has 0 aromatic carbocycles. The second kappa shape index (κ2) is 4.37. The lowest BCUT2D eigenvalue weighted by Crippen LogP contribution is -2.60. The summed E-state index contributed by atoms with van der Waals surface area (Å²) in [4.78, 5) is 12.2. The number of rotatable bonds is 3. The molecule has 0 heterocycles. The van der Waals surface area contributed by atoms with E-state index in [9.17, 15) is 15.0 Å². The van der Waals surface area contributed by atoms with Crippen molar-refractivity contribution in [1.82, 2.24) is 4.90 Å². The average Bonchev–Trinajstić information content (AvgIpc) is 1.93. The Bertz CT molecular complexity index is 227. The molecule has 0 saturated heterocycles. The maximum Gasteiger partial charge on any atom is 0.408 e. The summed E-state index contributed by atoms with van der Waals surface area (Å²) in [5.41, 5.74) is -1.94. The van der Waals surface area contributed by atoms with Crippen molar-refractivity contribution >= 4 is 6.09 Å². The van der Waals surface area contributed by atoms with Crippen LogP contribution in [0.5, 0.6) is 0 Å². The Labute approximate surface area is 90.3 Å². The van der Waals surface area contributed by atoms with Gasteiger partial charge in [0.1, 0.15) is 0 Å². The third-order valence-corrected chi connectivity index (χ3v) is 2.23. The van der Waals surface area contributed by atoms with E-state index in [1.807, 2.05) is 0 Å². The molecule has 0 saturated carbocycles. The summed E-state index contributed by atoms with van der Waals surface area (Å²) in [6, 6.07) is -0.838. The van der Waals surface area contributed by atoms with Crippen LogP contribution in [0.25, 0.3) is 0 Å². The zero-order chi connectivity index (χ0) is 12.4. The maximum absolute atomic E-state index is 11.1. The number of nitrogens with zero attached hydrogens (tertiary/aromatic N) is 1. The van der Waals surface area contributed by atoms with Gasteiger partial charge in [-0.25, -0.2) is 4.79 Å². The third kappa shape index (κ3) is 3.68. The lowest BCUT2D eigenvalue weighted by atomic mass is 9.93. The Morgan fingerprint density at radius 1 is 1.27 bits per heavy atom. The van der Waals surface area contributed by atoms with Crippen molar-refractivity contribution in [1.29, 1.82) is 0 Å². The Morgan fingerprint density at radius 2 is 1.67 bits per heavy atom. The first-order chi connectivity index (χ1) is 6.51. The molecule has 15 heavy (non-hydrogen) atoms. The number of hydrogen-bond donors (Lipinski definition) is 3. The molecule has 0 aliphatic heterocycles. The van der Waals surface area contributed by atoms with E-state index in [4.69, 9.17) is 5.11 Å². The van der Waals surface area contributed by atoms with Gasteiger partial charge in [0.2, 0.25) is 0 Å². The molecule has 1 amide bonds. The molecular weight excluding hydrogens is 198 g/mol. The van der Waals surface area contributed by atoms with Gasteiger partial charge < -0.3 is 15.3 Å². The van der Waals surface area contributed by atoms with E-state index in [1.54, 1.807) is 20.8 Å². The predicted molar refractivity (Wildman–Crippen MR) is 56.8 cm³/mol. The average molecular weight is 219 g/mol. The number of hydrogen-bond acceptors (Lipinski definition) is 3. The Balaban J connectivity index is 5.15. The zero-order valence-corrected chi connectivity index (χ0v) is 9.98. The van der Waals surface area contributed by atoms with Crippen molar-refractivity contribution in [2.75, 3.05) is 6.61 Å². The van der Waals surface area contributed by atoms with E-state index in [1.165, 1.54) is 13.8 Å². The van der Waals surface area contributed by atoms with Crippen molar-refractivity contribution in [2.24, 2.45) is 0 Å². The standard InChI is InChI=1S/C10H21NO4/c1-9(2,3)11(8(13)14)7(6-12)10(4,5)15/h7,12,15H,6H2,1-5H3,(H,13,14)/t7-/m1/s1. The molecule has 0 rings (SSSR count). The zero-order valence-electron chi connectivity index (χ0n) is 9.98. The van der Waals surface area contributed by atoms with Crippen LogP contribution < -0.4 is 0 Å². The van der Waals surface area contributed by atoms with Crippen LogP contribution in [0.2, 0.25) is 0 Å². The number of carboxylic acid groups (broad SMARTS) is 1. The lowest BCUT2D eigenvalue weighted by molar-refractivity contribution is -0.0615. The number of amides is 1. The monoisotopic (exact) mass is 219 g/mol. The van der Waals surface area contributed by atoms with E-state index < -0.39 is 29.9 Å². The third-order valence-electron chi connectivity index (χ3n) is 2.23. The van der Waals surface area contributed by atoms with Gasteiger partial charge in [-0.3, -0.25) is 4.90 Å². The van der Waals surface area contributed by atoms with Gasteiger partial charge in [-0.2, -0.15) is 0 Å². The highest BCUT2D eigenvalue weighted by atomic mass is 16.4. The van der Waals surface area contributed by atoms with Gasteiger partial charge in [-0.15, -0.1) is 0 Å². The second-order valence-electron chi connectivity index (χ2n) is 5.18. The Morgan fingerprint density at radius 3 is 1.73 bits per heavy atom. The summed E-state index contributed by atoms with van der Waals surface area (Å²) in [6.45, 7) is 7.71. The Kier molecular flexibility index (Phi) is 4.13. The lowest BCUT2D eigenvalue weighted by Gasteiger charge is -2.43. The molecule has 0 aliphatic rings. The summed E-state index contributed by atoms with van der Waals surface area (Å²) in [7, 11) is 0. The van der Waals surface area contributed by atoms with Crippen molar-refractivity contribution in [2.45, 2.75) is 51.8 Å². The van der Waals surface area contributed by atoms with Crippen LogP contribution in [-0.4, -0.2) is 50.1 Å². The van der Waals surface area contributed by atoms with Gasteiger partial charge in [-0.1, -0.05) is 0 Å². The largest absolute Gasteiger partial charge is 0.465 e. The van der Waals surface area contributed by atoms with Crippen molar-refractivity contribution in [3.63, 3.8) is 0 Å². The highest BCUT2D eigenvalue weighted by molar-refractivity contribution is 5.66. The molecule has 0 aliphatic carbocycles. The normalized spacial score (nSPS) is 14.9. The van der Waals surface area contributed by atoms with Crippen molar-refractivity contribution in [3.8, 4) is 0 Å². The molecule has 0 spiro atoms. The highest BCUT2D eigenvalue weighted by Gasteiger charge is 2.40. The Hall–Kier alpha value is -0.810. The van der Waals surface area contributed by atoms with Gasteiger partial charge in [0.25, 0.3) is 0 Å². The van der Waals surface area contributed by atoms with Gasteiger partial charge in [0, 0.05) is 5.54 Å². The summed E-state index contributed by atoms with van der Waals surface area (Å²) < 4.78 is 0. The minimum atomic E-state index is -1.28. The summed E-state index contributed by atoms with van der Waals surface area (Å²) in [5, 5.41) is 28.1. The fourth-order valence-electron chi connectivity index (χ4n) is 1.51. The molecule has 0 aromatic heterocycles. The smallest absolute Gasteiger partial charge is 0.408 e. The molecule has 0 unspecified atom stereocenters. The second-order valence-corrected chi connectivity index (χ2v) is 5.18. The molecule has 0 fully saturated rings. The molecule has 0 radical (unpaired) electrons. The SMILES string of the molecule is CC(C)(O)[C@@H](CO)N(C(=O)O)C(C)(C)C. The van der Waals surface area contributed by atoms with Crippen LogP contribution in [0.1, 0.15) is 34.6 Å². The van der Waals surface area contributed by atoms with E-state index >= 15 is 0 Å². The minimum Gasteiger partial charge on any atom is -0.465 e. The maximum atomic E-state index is 11.1. The van der Waals surface area contributed by atoms with Crippen LogP contribution in [0.4, 0.5) is 4.79 Å². The fourth-order valence-corrected chi connectivity index (χ4v) is 1.51. The van der Waals surface area contributed by atoms with E-state index in [0.717, 1.165) is 4.90 Å². The van der Waals surface area contributed by atoms with Crippen LogP contribution in [0, 0.1) is 0 Å². The first kappa shape index (κ1) is 14.2. The van der Waals surface area contributed by atoms with Crippen LogP contribution in [0.15, 0.2) is 0 Å². The molecule has 90 valence electrons. The van der Waals surface area contributed by atoms with Gasteiger partial charge in [0.05, 0.1) is 18.2 Å². The molecule has 1 atom stereocenters. The van der Waals surface area contributed by atoms with E-state index in [0.29, 0.717) is 0 Å². The number of carbonyl (C=O) groups is 1. The summed E-state index contributed by atoms with van der Waals surface area (Å²) >= 11 is 0. The molecule has 0 aromatic rings.